The quantitative estimate of drug-likeness (QED) is 0.677. The summed E-state index contributed by atoms with van der Waals surface area (Å²) >= 11 is 0. The zero-order valence-electron chi connectivity index (χ0n) is 15.7. The van der Waals surface area contributed by atoms with Crippen LogP contribution in [0, 0.1) is 11.3 Å². The van der Waals surface area contributed by atoms with Crippen LogP contribution in [0.15, 0.2) is 66.9 Å². The fourth-order valence-electron chi connectivity index (χ4n) is 2.60. The van der Waals surface area contributed by atoms with Crippen molar-refractivity contribution in [3.63, 3.8) is 0 Å². The number of hydrogen-bond acceptors (Lipinski definition) is 5. The zero-order chi connectivity index (χ0) is 20.6. The number of nitrogens with zero attached hydrogens (tertiary/aromatic N) is 2. The van der Waals surface area contributed by atoms with Gasteiger partial charge in [-0.1, -0.05) is 24.3 Å². The molecule has 0 saturated heterocycles. The average Bonchev–Trinajstić information content (AvgIpc) is 2.78. The first-order valence-corrected chi connectivity index (χ1v) is 8.78. The largest absolute Gasteiger partial charge is 0.497 e. The Labute approximate surface area is 168 Å². The molecular formula is C22H18N4O3. The highest BCUT2D eigenvalue weighted by Gasteiger charge is 2.13. The van der Waals surface area contributed by atoms with Crippen molar-refractivity contribution in [2.75, 3.05) is 12.4 Å². The molecule has 1 heterocycles. The van der Waals surface area contributed by atoms with Gasteiger partial charge in [0.2, 0.25) is 0 Å². The van der Waals surface area contributed by atoms with Gasteiger partial charge < -0.3 is 15.4 Å². The van der Waals surface area contributed by atoms with Gasteiger partial charge in [0, 0.05) is 18.3 Å². The number of nitrogens with one attached hydrogen (secondary N) is 2. The molecule has 3 rings (SSSR count). The number of rotatable bonds is 6. The summed E-state index contributed by atoms with van der Waals surface area (Å²) in [5, 5.41) is 14.6. The minimum Gasteiger partial charge on any atom is -0.497 e. The SMILES string of the molecule is COc1ccc(CNC(=O)c2cc(C(=O)Nc3ccccc3C#N)ccn2)cc1. The minimum atomic E-state index is -0.431. The van der Waals surface area contributed by atoms with Crippen LogP contribution in [-0.2, 0) is 6.54 Å². The van der Waals surface area contributed by atoms with E-state index in [4.69, 9.17) is 10.00 Å². The summed E-state index contributed by atoms with van der Waals surface area (Å²) in [5.74, 6) is -0.0920. The van der Waals surface area contributed by atoms with E-state index in [-0.39, 0.29) is 11.3 Å². The molecule has 0 atom stereocenters. The second-order valence-electron chi connectivity index (χ2n) is 6.07. The first kappa shape index (κ1) is 19.6. The van der Waals surface area contributed by atoms with Crippen molar-refractivity contribution in [3.8, 4) is 11.8 Å². The smallest absolute Gasteiger partial charge is 0.270 e. The summed E-state index contributed by atoms with van der Waals surface area (Å²) in [5.41, 5.74) is 2.05. The highest BCUT2D eigenvalue weighted by molar-refractivity contribution is 6.06. The number of nitriles is 1. The van der Waals surface area contributed by atoms with Crippen LogP contribution in [0.5, 0.6) is 5.75 Å². The van der Waals surface area contributed by atoms with E-state index in [1.165, 1.54) is 18.3 Å². The van der Waals surface area contributed by atoms with Crippen LogP contribution in [0.3, 0.4) is 0 Å². The van der Waals surface area contributed by atoms with Crippen molar-refractivity contribution in [1.29, 1.82) is 5.26 Å². The minimum absolute atomic E-state index is 0.125. The second kappa shape index (κ2) is 9.15. The fourth-order valence-corrected chi connectivity index (χ4v) is 2.60. The standard InChI is InChI=1S/C22H18N4O3/c1-29-18-8-6-15(7-9-18)14-25-22(28)20-12-16(10-11-24-20)21(27)26-19-5-3-2-4-17(19)13-23/h2-12H,14H2,1H3,(H,25,28)(H,26,27). The van der Waals surface area contributed by atoms with Gasteiger partial charge in [0.05, 0.1) is 18.4 Å². The van der Waals surface area contributed by atoms with Gasteiger partial charge in [-0.25, -0.2) is 0 Å². The molecule has 2 N–H and O–H groups in total. The van der Waals surface area contributed by atoms with Crippen LogP contribution in [0.25, 0.3) is 0 Å². The number of carbonyl (C=O) groups is 2. The third-order valence-electron chi connectivity index (χ3n) is 4.16. The molecular weight excluding hydrogens is 368 g/mol. The number of aromatic nitrogens is 1. The van der Waals surface area contributed by atoms with Gasteiger partial charge in [0.15, 0.2) is 0 Å². The summed E-state index contributed by atoms with van der Waals surface area (Å²) in [7, 11) is 1.59. The zero-order valence-corrected chi connectivity index (χ0v) is 15.7. The number of para-hydroxylation sites is 1. The Morgan fingerprint density at radius 3 is 2.55 bits per heavy atom. The van der Waals surface area contributed by atoms with Crippen LogP contribution < -0.4 is 15.4 Å². The lowest BCUT2D eigenvalue weighted by molar-refractivity contribution is 0.0946. The van der Waals surface area contributed by atoms with Gasteiger partial charge in [-0.2, -0.15) is 5.26 Å². The number of methoxy groups -OCH3 is 1. The van der Waals surface area contributed by atoms with E-state index in [2.05, 4.69) is 15.6 Å². The van der Waals surface area contributed by atoms with E-state index in [0.29, 0.717) is 17.8 Å². The first-order valence-electron chi connectivity index (χ1n) is 8.78. The average molecular weight is 386 g/mol. The van der Waals surface area contributed by atoms with Crippen LogP contribution in [0.2, 0.25) is 0 Å². The molecule has 1 aromatic heterocycles. The van der Waals surface area contributed by atoms with E-state index in [1.807, 2.05) is 30.3 Å². The van der Waals surface area contributed by atoms with E-state index in [9.17, 15) is 9.59 Å². The third kappa shape index (κ3) is 4.96. The Balaban J connectivity index is 1.67. The Morgan fingerprint density at radius 1 is 1.07 bits per heavy atom. The van der Waals surface area contributed by atoms with Gasteiger partial charge in [0.1, 0.15) is 17.5 Å². The maximum Gasteiger partial charge on any atom is 0.270 e. The topological polar surface area (TPSA) is 104 Å². The van der Waals surface area contributed by atoms with Crippen LogP contribution >= 0.6 is 0 Å². The van der Waals surface area contributed by atoms with Crippen molar-refractivity contribution in [1.82, 2.24) is 10.3 Å². The van der Waals surface area contributed by atoms with Gasteiger partial charge in [0.25, 0.3) is 11.8 Å². The normalized spacial score (nSPS) is 9.93. The summed E-state index contributed by atoms with van der Waals surface area (Å²) in [6, 6.07) is 18.9. The molecule has 0 spiro atoms. The number of hydrogen-bond donors (Lipinski definition) is 2. The molecule has 0 unspecified atom stereocenters. The van der Waals surface area contributed by atoms with E-state index in [0.717, 1.165) is 11.3 Å². The van der Waals surface area contributed by atoms with Gasteiger partial charge in [-0.05, 0) is 42.0 Å². The van der Waals surface area contributed by atoms with Crippen molar-refractivity contribution in [3.05, 3.63) is 89.2 Å². The monoisotopic (exact) mass is 386 g/mol. The molecule has 0 radical (unpaired) electrons. The number of amides is 2. The molecule has 2 amide bonds. The molecule has 0 aliphatic carbocycles. The van der Waals surface area contributed by atoms with Crippen molar-refractivity contribution in [2.24, 2.45) is 0 Å². The van der Waals surface area contributed by atoms with Crippen molar-refractivity contribution < 1.29 is 14.3 Å². The molecule has 144 valence electrons. The van der Waals surface area contributed by atoms with Gasteiger partial charge in [-0.15, -0.1) is 0 Å². The lowest BCUT2D eigenvalue weighted by atomic mass is 10.1. The predicted molar refractivity (Wildman–Crippen MR) is 108 cm³/mol. The first-order chi connectivity index (χ1) is 14.1. The van der Waals surface area contributed by atoms with Crippen LogP contribution in [-0.4, -0.2) is 23.9 Å². The maximum atomic E-state index is 12.5. The maximum absolute atomic E-state index is 12.5. The molecule has 0 saturated carbocycles. The molecule has 0 bridgehead atoms. The van der Waals surface area contributed by atoms with Gasteiger partial charge in [-0.3, -0.25) is 14.6 Å². The highest BCUT2D eigenvalue weighted by Crippen LogP contribution is 2.15. The van der Waals surface area contributed by atoms with E-state index in [1.54, 1.807) is 31.4 Å². The highest BCUT2D eigenvalue weighted by atomic mass is 16.5. The molecule has 3 aromatic rings. The molecule has 7 heteroatoms. The number of benzene rings is 2. The van der Waals surface area contributed by atoms with Gasteiger partial charge >= 0.3 is 0 Å². The summed E-state index contributed by atoms with van der Waals surface area (Å²) in [6.45, 7) is 0.316. The fraction of sp³-hybridized carbons (Fsp3) is 0.0909. The number of anilines is 1. The third-order valence-corrected chi connectivity index (χ3v) is 4.16. The lowest BCUT2D eigenvalue weighted by Crippen LogP contribution is -2.24. The van der Waals surface area contributed by atoms with Crippen LogP contribution in [0.1, 0.15) is 32.0 Å². The molecule has 0 aliphatic rings. The molecule has 29 heavy (non-hydrogen) atoms. The van der Waals surface area contributed by atoms with Crippen molar-refractivity contribution in [2.45, 2.75) is 6.54 Å². The molecule has 7 nitrogen and oxygen atoms in total. The molecule has 0 fully saturated rings. The summed E-state index contributed by atoms with van der Waals surface area (Å²) in [4.78, 5) is 28.9. The Hall–Kier alpha value is -4.18. The van der Waals surface area contributed by atoms with Crippen molar-refractivity contribution >= 4 is 17.5 Å². The summed E-state index contributed by atoms with van der Waals surface area (Å²) in [6.07, 6.45) is 1.40. The Kier molecular flexibility index (Phi) is 6.18. The van der Waals surface area contributed by atoms with E-state index < -0.39 is 11.8 Å². The van der Waals surface area contributed by atoms with Crippen LogP contribution in [0.4, 0.5) is 5.69 Å². The number of pyridine rings is 1. The lowest BCUT2D eigenvalue weighted by Gasteiger charge is -2.09. The summed E-state index contributed by atoms with van der Waals surface area (Å²) < 4.78 is 5.10. The molecule has 0 aliphatic heterocycles. The Morgan fingerprint density at radius 2 is 1.83 bits per heavy atom. The number of carbonyl (C=O) groups excluding carboxylic acids is 2. The molecule has 2 aromatic carbocycles. The predicted octanol–water partition coefficient (Wildman–Crippen LogP) is 3.14. The van der Waals surface area contributed by atoms with E-state index >= 15 is 0 Å². The second-order valence-corrected chi connectivity index (χ2v) is 6.07. The Bertz CT molecular complexity index is 1070. The number of ether oxygens (including phenoxy) is 1.